The Kier molecular flexibility index (Phi) is 10.6. The van der Waals surface area contributed by atoms with E-state index in [4.69, 9.17) is 0 Å². The predicted octanol–water partition coefficient (Wildman–Crippen LogP) is 1.38. The third kappa shape index (κ3) is 8.83. The lowest BCUT2D eigenvalue weighted by atomic mass is 10.3. The van der Waals surface area contributed by atoms with Gasteiger partial charge < -0.3 is 4.79 Å². The van der Waals surface area contributed by atoms with E-state index in [2.05, 4.69) is 27.7 Å². The van der Waals surface area contributed by atoms with Crippen LogP contribution in [0.25, 0.3) is 0 Å². The Morgan fingerprint density at radius 3 is 1.58 bits per heavy atom. The van der Waals surface area contributed by atoms with Gasteiger partial charge in [-0.15, -0.1) is 0 Å². The lowest BCUT2D eigenvalue weighted by molar-refractivity contribution is 0.565. The van der Waals surface area contributed by atoms with Crippen LogP contribution in [0.3, 0.4) is 0 Å². The molecule has 0 aliphatic heterocycles. The maximum absolute atomic E-state index is 10.6. The molecule has 3 heteroatoms. The molecule has 0 saturated carbocycles. The number of rotatable bonds is 5. The van der Waals surface area contributed by atoms with Crippen molar-refractivity contribution >= 4 is 36.7 Å². The molecule has 0 radical (unpaired) electrons. The van der Waals surface area contributed by atoms with Gasteiger partial charge >= 0.3 is 14.1 Å². The molecule has 0 amide bonds. The first-order valence-electron chi connectivity index (χ1n) is 4.51. The quantitative estimate of drug-likeness (QED) is 0.484. The van der Waals surface area contributed by atoms with Crippen molar-refractivity contribution in [3.05, 3.63) is 0 Å². The summed E-state index contributed by atoms with van der Waals surface area (Å²) in [5, 5.41) is 3.61. The highest BCUT2D eigenvalue weighted by atomic mass is 27.2. The van der Waals surface area contributed by atoms with E-state index in [0.29, 0.717) is 11.8 Å². The smallest absolute Gasteiger partial charge is 0.324 e. The second kappa shape index (κ2) is 8.34. The van der Waals surface area contributed by atoms with Gasteiger partial charge in [0, 0.05) is 5.15 Å². The predicted molar refractivity (Wildman–Crippen MR) is 61.7 cm³/mol. The second-order valence-electron chi connectivity index (χ2n) is 4.16. The Bertz CT molecular complexity index is 103. The average molecular weight is 200 g/mol. The molecule has 0 N–H and O–H groups in total. The molecule has 12 heavy (non-hydrogen) atoms. The molecule has 0 aliphatic carbocycles. The van der Waals surface area contributed by atoms with Gasteiger partial charge in [0.15, 0.2) is 17.4 Å². The van der Waals surface area contributed by atoms with Crippen molar-refractivity contribution in [2.24, 2.45) is 11.8 Å². The summed E-state index contributed by atoms with van der Waals surface area (Å²) in [6.45, 7) is 8.79. The summed E-state index contributed by atoms with van der Waals surface area (Å²) in [5.41, 5.74) is 0. The monoisotopic (exact) mass is 200 g/mol. The summed E-state index contributed by atoms with van der Waals surface area (Å²) in [6, 6.07) is 0. The molecule has 0 spiro atoms. The molecule has 1 nitrogen and oxygen atoms in total. The van der Waals surface area contributed by atoms with Crippen LogP contribution in [0.4, 0.5) is 0 Å². The van der Waals surface area contributed by atoms with Gasteiger partial charge in [0.25, 0.3) is 0 Å². The number of hydrogen-bond acceptors (Lipinski definition) is 1. The van der Waals surface area contributed by atoms with E-state index in [1.807, 2.05) is 0 Å². The Labute approximate surface area is 91.4 Å². The second-order valence-corrected chi connectivity index (χ2v) is 6.89. The van der Waals surface area contributed by atoms with Gasteiger partial charge in [-0.2, -0.15) is 0 Å². The Morgan fingerprint density at radius 1 is 1.08 bits per heavy atom. The van der Waals surface area contributed by atoms with E-state index in [0.717, 1.165) is 0 Å². The van der Waals surface area contributed by atoms with Crippen molar-refractivity contribution in [3.8, 4) is 0 Å². The van der Waals surface area contributed by atoms with E-state index < -0.39 is 14.1 Å². The summed E-state index contributed by atoms with van der Waals surface area (Å²) in [7, 11) is 0. The molecule has 0 aromatic carbocycles. The van der Waals surface area contributed by atoms with Crippen LogP contribution >= 0.6 is 0 Å². The van der Waals surface area contributed by atoms with Crippen molar-refractivity contribution < 1.29 is 4.79 Å². The minimum absolute atomic E-state index is 0. The van der Waals surface area contributed by atoms with Crippen LogP contribution in [-0.4, -0.2) is 36.7 Å². The molecule has 70 valence electrons. The fourth-order valence-electron chi connectivity index (χ4n) is 1.42. The summed E-state index contributed by atoms with van der Waals surface area (Å²) < 4.78 is 0. The van der Waals surface area contributed by atoms with Crippen LogP contribution in [0.5, 0.6) is 0 Å². The maximum Gasteiger partial charge on any atom is 0.360 e. The molecule has 0 rings (SSSR count). The van der Waals surface area contributed by atoms with Gasteiger partial charge in [0.2, 0.25) is 0 Å². The summed E-state index contributed by atoms with van der Waals surface area (Å²) in [6.07, 6.45) is 0. The highest BCUT2D eigenvalue weighted by molar-refractivity contribution is 6.84. The topological polar surface area (TPSA) is 17.1 Å². The zero-order valence-corrected chi connectivity index (χ0v) is 9.29. The highest BCUT2D eigenvalue weighted by Crippen LogP contribution is 2.12. The standard InChI is InChI=1S/2C4H9.CHO.2Al.3H/c2*1-4(2)3;1-2;;;;;/h2*4H,1H2,2-3H3;1H;;;;;. The van der Waals surface area contributed by atoms with Gasteiger partial charge in [0.05, 0.1) is 0 Å². The molecule has 0 unspecified atom stereocenters. The fraction of sp³-hybridized carbons (Fsp3) is 0.889. The van der Waals surface area contributed by atoms with Gasteiger partial charge in [-0.25, -0.2) is 0 Å². The first-order valence-corrected chi connectivity index (χ1v) is 6.81. The maximum atomic E-state index is 10.6. The van der Waals surface area contributed by atoms with Crippen LogP contribution in [0, 0.1) is 11.8 Å². The van der Waals surface area contributed by atoms with Crippen molar-refractivity contribution in [1.82, 2.24) is 0 Å². The van der Waals surface area contributed by atoms with Crippen molar-refractivity contribution in [2.75, 3.05) is 0 Å². The summed E-state index contributed by atoms with van der Waals surface area (Å²) in [5.74, 6) is 1.41. The van der Waals surface area contributed by atoms with Crippen molar-refractivity contribution in [3.63, 3.8) is 0 Å². The van der Waals surface area contributed by atoms with Crippen LogP contribution in [0.15, 0.2) is 0 Å². The average Bonchev–Trinajstić information content (AvgIpc) is 1.84. The fourth-order valence-corrected chi connectivity index (χ4v) is 4.26. The van der Waals surface area contributed by atoms with Crippen LogP contribution < -0.4 is 0 Å². The minimum atomic E-state index is -1.01. The van der Waals surface area contributed by atoms with Crippen LogP contribution in [-0.2, 0) is 4.79 Å². The van der Waals surface area contributed by atoms with E-state index in [-0.39, 0.29) is 17.4 Å². The zero-order valence-electron chi connectivity index (χ0n) is 8.13. The molecule has 0 saturated heterocycles. The normalized spacial score (nSPS) is 9.83. The Hall–Kier alpha value is 0.735. The molecule has 0 bridgehead atoms. The van der Waals surface area contributed by atoms with Gasteiger partial charge in [-0.1, -0.05) is 50.1 Å². The number of hydrogen-bond donors (Lipinski definition) is 0. The Balaban J connectivity index is 0. The largest absolute Gasteiger partial charge is 0.360 e. The Morgan fingerprint density at radius 2 is 1.42 bits per heavy atom. The SMILES string of the molecule is CC(C)[CH2][Al]([CH]=O)[CH2]C(C)C.[AlH3]. The first-order chi connectivity index (χ1) is 5.06. The molecule has 0 atom stereocenters. The third-order valence-electron chi connectivity index (χ3n) is 1.74. The molecular formula is C9H22Al2O. The molecule has 0 aromatic rings. The summed E-state index contributed by atoms with van der Waals surface area (Å²) in [4.78, 5) is 10.6. The molecule has 0 aromatic heterocycles. The first kappa shape index (κ1) is 15.2. The number of carbonyl (C=O) groups is 1. The van der Waals surface area contributed by atoms with Crippen LogP contribution in [0.2, 0.25) is 10.6 Å². The molecule has 0 fully saturated rings. The number of carbonyl (C=O) groups excluding carboxylic acids is 1. The highest BCUT2D eigenvalue weighted by Gasteiger charge is 2.19. The van der Waals surface area contributed by atoms with E-state index in [1.165, 1.54) is 15.7 Å². The third-order valence-corrected chi connectivity index (χ3v) is 5.22. The molecule has 0 aliphatic rings. The van der Waals surface area contributed by atoms with Gasteiger partial charge in [-0.3, -0.25) is 0 Å². The minimum Gasteiger partial charge on any atom is -0.324 e. The van der Waals surface area contributed by atoms with E-state index in [9.17, 15) is 4.79 Å². The van der Waals surface area contributed by atoms with Crippen molar-refractivity contribution in [1.29, 1.82) is 0 Å². The van der Waals surface area contributed by atoms with Crippen molar-refractivity contribution in [2.45, 2.75) is 38.3 Å². The lowest BCUT2D eigenvalue weighted by Gasteiger charge is -2.09. The zero-order chi connectivity index (χ0) is 8.85. The molecular weight excluding hydrogens is 178 g/mol. The van der Waals surface area contributed by atoms with Gasteiger partial charge in [0.1, 0.15) is 0 Å². The lowest BCUT2D eigenvalue weighted by Crippen LogP contribution is -2.19. The van der Waals surface area contributed by atoms with Gasteiger partial charge in [-0.05, 0) is 0 Å². The molecule has 0 heterocycles. The van der Waals surface area contributed by atoms with E-state index in [1.54, 1.807) is 0 Å². The van der Waals surface area contributed by atoms with Crippen LogP contribution in [0.1, 0.15) is 27.7 Å². The van der Waals surface area contributed by atoms with E-state index >= 15 is 0 Å². The summed E-state index contributed by atoms with van der Waals surface area (Å²) >= 11 is -1.01.